The highest BCUT2D eigenvalue weighted by Gasteiger charge is 2.35. The van der Waals surface area contributed by atoms with Crippen LogP contribution in [0.4, 0.5) is 5.69 Å². The molecule has 0 saturated heterocycles. The molecule has 1 aliphatic rings. The first-order valence-electron chi connectivity index (χ1n) is 9.42. The van der Waals surface area contributed by atoms with Gasteiger partial charge in [-0.15, -0.1) is 0 Å². The van der Waals surface area contributed by atoms with Gasteiger partial charge >= 0.3 is 0 Å². The third kappa shape index (κ3) is 4.79. The zero-order valence-electron chi connectivity index (χ0n) is 16.7. The van der Waals surface area contributed by atoms with E-state index in [0.29, 0.717) is 23.4 Å². The van der Waals surface area contributed by atoms with Gasteiger partial charge in [0.2, 0.25) is 20.0 Å². The molecule has 0 aromatic heterocycles. The van der Waals surface area contributed by atoms with Crippen molar-refractivity contribution in [3.63, 3.8) is 0 Å². The first-order valence-corrected chi connectivity index (χ1v) is 12.7. The lowest BCUT2D eigenvalue weighted by Crippen LogP contribution is -2.28. The maximum Gasteiger partial charge on any atom is 0.250 e. The van der Waals surface area contributed by atoms with Crippen molar-refractivity contribution in [2.75, 3.05) is 16.2 Å². The molecule has 0 saturated carbocycles. The summed E-state index contributed by atoms with van der Waals surface area (Å²) in [7, 11) is -6.96. The van der Waals surface area contributed by atoms with Crippen molar-refractivity contribution in [3.8, 4) is 0 Å². The van der Waals surface area contributed by atoms with Crippen LogP contribution in [0.25, 0.3) is 0 Å². The number of aryl methyl sites for hydroxylation is 1. The Labute approximate surface area is 172 Å². The molecule has 1 N–H and O–H groups in total. The number of hydrogen-bond donors (Lipinski definition) is 1. The van der Waals surface area contributed by atoms with Gasteiger partial charge in [0.1, 0.15) is 0 Å². The number of sulfonamides is 2. The van der Waals surface area contributed by atoms with E-state index in [1.165, 1.54) is 4.41 Å². The molecule has 1 aliphatic heterocycles. The van der Waals surface area contributed by atoms with E-state index in [2.05, 4.69) is 9.82 Å². The van der Waals surface area contributed by atoms with Gasteiger partial charge in [-0.25, -0.2) is 16.8 Å². The molecule has 2 aromatic rings. The Morgan fingerprint density at radius 3 is 2.34 bits per heavy atom. The fraction of sp³-hybridized carbons (Fsp3) is 0.350. The van der Waals surface area contributed by atoms with E-state index >= 15 is 0 Å². The molecule has 2 aromatic carbocycles. The molecule has 0 spiro atoms. The predicted octanol–water partition coefficient (Wildman–Crippen LogP) is 3.26. The summed E-state index contributed by atoms with van der Waals surface area (Å²) in [5.74, 6) is -0.0846. The van der Waals surface area contributed by atoms with Crippen molar-refractivity contribution < 1.29 is 16.8 Å². The Bertz CT molecular complexity index is 1120. The summed E-state index contributed by atoms with van der Waals surface area (Å²) < 4.78 is 52.7. The molecule has 0 amide bonds. The van der Waals surface area contributed by atoms with Crippen LogP contribution in [0.15, 0.2) is 53.6 Å². The average molecular weight is 436 g/mol. The first kappa shape index (κ1) is 21.3. The Kier molecular flexibility index (Phi) is 6.00. The first-order chi connectivity index (χ1) is 13.6. The van der Waals surface area contributed by atoms with Crippen LogP contribution in [0.1, 0.15) is 43.0 Å². The predicted molar refractivity (Wildman–Crippen MR) is 116 cm³/mol. The van der Waals surface area contributed by atoms with Crippen LogP contribution in [-0.2, 0) is 20.0 Å². The zero-order chi connectivity index (χ0) is 21.2. The molecule has 0 aliphatic carbocycles. The third-order valence-corrected chi connectivity index (χ3v) is 7.78. The molecule has 1 heterocycles. The van der Waals surface area contributed by atoms with Crippen molar-refractivity contribution in [2.45, 2.75) is 33.2 Å². The largest absolute Gasteiger partial charge is 0.284 e. The maximum absolute atomic E-state index is 12.6. The van der Waals surface area contributed by atoms with Crippen LogP contribution in [-0.4, -0.2) is 38.5 Å². The average Bonchev–Trinajstić information content (AvgIpc) is 3.15. The minimum Gasteiger partial charge on any atom is -0.284 e. The Morgan fingerprint density at radius 2 is 1.72 bits per heavy atom. The molecule has 0 radical (unpaired) electrons. The quantitative estimate of drug-likeness (QED) is 0.722. The van der Waals surface area contributed by atoms with Gasteiger partial charge in [0.05, 0.1) is 23.3 Å². The SMILES string of the molecule is CCS(=O)(=O)Nc1cccc(C2=NN(S(=O)(=O)CC)C(c3ccc(C)cc3)C2)c1. The van der Waals surface area contributed by atoms with Gasteiger partial charge in [-0.1, -0.05) is 42.0 Å². The van der Waals surface area contributed by atoms with Gasteiger partial charge in [-0.2, -0.15) is 9.52 Å². The highest BCUT2D eigenvalue weighted by atomic mass is 32.2. The highest BCUT2D eigenvalue weighted by molar-refractivity contribution is 7.92. The van der Waals surface area contributed by atoms with E-state index in [1.807, 2.05) is 31.2 Å². The van der Waals surface area contributed by atoms with E-state index in [4.69, 9.17) is 0 Å². The van der Waals surface area contributed by atoms with Crippen LogP contribution in [0.2, 0.25) is 0 Å². The minimum absolute atomic E-state index is 0.0316. The number of hydrogen-bond acceptors (Lipinski definition) is 5. The van der Waals surface area contributed by atoms with E-state index in [1.54, 1.807) is 38.1 Å². The van der Waals surface area contributed by atoms with E-state index in [0.717, 1.165) is 11.1 Å². The van der Waals surface area contributed by atoms with Crippen LogP contribution in [0.5, 0.6) is 0 Å². The van der Waals surface area contributed by atoms with E-state index < -0.39 is 26.1 Å². The summed E-state index contributed by atoms with van der Waals surface area (Å²) in [4.78, 5) is 0. The number of benzene rings is 2. The number of nitrogens with zero attached hydrogens (tertiary/aromatic N) is 2. The lowest BCUT2D eigenvalue weighted by molar-refractivity contribution is 0.372. The van der Waals surface area contributed by atoms with Crippen molar-refractivity contribution in [1.29, 1.82) is 0 Å². The number of nitrogens with one attached hydrogen (secondary N) is 1. The Hall–Kier alpha value is -2.39. The fourth-order valence-corrected chi connectivity index (χ4v) is 4.80. The van der Waals surface area contributed by atoms with Crippen LogP contribution in [0.3, 0.4) is 0 Å². The van der Waals surface area contributed by atoms with E-state index in [-0.39, 0.29) is 11.5 Å². The molecule has 7 nitrogen and oxygen atoms in total. The molecule has 1 unspecified atom stereocenters. The monoisotopic (exact) mass is 435 g/mol. The molecule has 9 heteroatoms. The fourth-order valence-electron chi connectivity index (χ4n) is 3.10. The van der Waals surface area contributed by atoms with Crippen LogP contribution in [0, 0.1) is 6.92 Å². The van der Waals surface area contributed by atoms with Crippen molar-refractivity contribution >= 4 is 31.4 Å². The topological polar surface area (TPSA) is 95.9 Å². The third-order valence-electron chi connectivity index (χ3n) is 4.83. The summed E-state index contributed by atoms with van der Waals surface area (Å²) >= 11 is 0. The lowest BCUT2D eigenvalue weighted by atomic mass is 9.98. The Morgan fingerprint density at radius 1 is 1.03 bits per heavy atom. The second-order valence-electron chi connectivity index (χ2n) is 6.94. The molecular formula is C20H25N3O4S2. The summed E-state index contributed by atoms with van der Waals surface area (Å²) in [5, 5.41) is 4.42. The second kappa shape index (κ2) is 8.16. The van der Waals surface area contributed by atoms with Gasteiger partial charge in [-0.05, 0) is 44.0 Å². The van der Waals surface area contributed by atoms with Gasteiger partial charge < -0.3 is 0 Å². The van der Waals surface area contributed by atoms with Gasteiger partial charge in [0.15, 0.2) is 0 Å². The summed E-state index contributed by atoms with van der Waals surface area (Å²) in [6.07, 6.45) is 0.409. The standard InChI is InChI=1S/C20H25N3O4S2/c1-4-28(24,25)22-18-8-6-7-17(13-18)19-14-20(16-11-9-15(3)10-12-16)23(21-19)29(26,27)5-2/h6-13,20,22H,4-5,14H2,1-3H3. The van der Waals surface area contributed by atoms with Crippen LogP contribution < -0.4 is 4.72 Å². The smallest absolute Gasteiger partial charge is 0.250 e. The molecular weight excluding hydrogens is 410 g/mol. The lowest BCUT2D eigenvalue weighted by Gasteiger charge is -2.22. The number of hydrazone groups is 1. The van der Waals surface area contributed by atoms with Gasteiger partial charge in [0, 0.05) is 12.1 Å². The van der Waals surface area contributed by atoms with Crippen molar-refractivity contribution in [1.82, 2.24) is 4.41 Å². The molecule has 3 rings (SSSR count). The molecule has 0 bridgehead atoms. The molecule has 0 fully saturated rings. The summed E-state index contributed by atoms with van der Waals surface area (Å²) in [6.45, 7) is 5.13. The van der Waals surface area contributed by atoms with E-state index in [9.17, 15) is 16.8 Å². The minimum atomic E-state index is -3.55. The summed E-state index contributed by atoms with van der Waals surface area (Å²) in [6, 6.07) is 14.2. The summed E-state index contributed by atoms with van der Waals surface area (Å²) in [5.41, 5.74) is 3.68. The molecule has 29 heavy (non-hydrogen) atoms. The van der Waals surface area contributed by atoms with Crippen molar-refractivity contribution in [2.24, 2.45) is 5.10 Å². The zero-order valence-corrected chi connectivity index (χ0v) is 18.3. The highest BCUT2D eigenvalue weighted by Crippen LogP contribution is 2.35. The normalized spacial score (nSPS) is 17.3. The second-order valence-corrected chi connectivity index (χ2v) is 11.1. The van der Waals surface area contributed by atoms with Gasteiger partial charge in [0.25, 0.3) is 0 Å². The van der Waals surface area contributed by atoms with Crippen LogP contribution >= 0.6 is 0 Å². The maximum atomic E-state index is 12.6. The van der Waals surface area contributed by atoms with Gasteiger partial charge in [-0.3, -0.25) is 4.72 Å². The number of anilines is 1. The van der Waals surface area contributed by atoms with Crippen molar-refractivity contribution in [3.05, 3.63) is 65.2 Å². The molecule has 1 atom stereocenters. The molecule has 156 valence electrons. The number of rotatable bonds is 7. The Balaban J connectivity index is 1.98.